The fraction of sp³-hybridized carbons (Fsp3) is 0.312. The summed E-state index contributed by atoms with van der Waals surface area (Å²) in [5, 5.41) is 11.0. The molecule has 0 radical (unpaired) electrons. The SMILES string of the molecule is O=C(NCCC1=CCOCC1)c1cnn(-c2ccc(F)cc2)n1. The normalized spacial score (nSPS) is 14.4. The van der Waals surface area contributed by atoms with E-state index in [1.54, 1.807) is 12.1 Å². The van der Waals surface area contributed by atoms with Crippen molar-refractivity contribution in [3.8, 4) is 5.69 Å². The standard InChI is InChI=1S/C16H17FN4O2/c17-13-1-3-14(4-2-13)21-19-11-15(20-21)16(22)18-8-5-12-6-9-23-10-7-12/h1-4,6,11H,5,7-10H2,(H,18,22). The van der Waals surface area contributed by atoms with Gasteiger partial charge in [-0.25, -0.2) is 4.39 Å². The molecule has 0 fully saturated rings. The summed E-state index contributed by atoms with van der Waals surface area (Å²) >= 11 is 0. The Kier molecular flexibility index (Phi) is 4.77. The fourth-order valence-electron chi connectivity index (χ4n) is 2.29. The Morgan fingerprint density at radius 2 is 2.17 bits per heavy atom. The van der Waals surface area contributed by atoms with Crippen molar-refractivity contribution in [1.82, 2.24) is 20.3 Å². The highest BCUT2D eigenvalue weighted by Gasteiger charge is 2.12. The van der Waals surface area contributed by atoms with E-state index in [1.807, 2.05) is 0 Å². The number of benzene rings is 1. The van der Waals surface area contributed by atoms with Crippen molar-refractivity contribution in [2.75, 3.05) is 19.8 Å². The van der Waals surface area contributed by atoms with Crippen LogP contribution in [-0.4, -0.2) is 40.7 Å². The van der Waals surface area contributed by atoms with Crippen LogP contribution in [0.2, 0.25) is 0 Å². The average molecular weight is 316 g/mol. The highest BCUT2D eigenvalue weighted by Crippen LogP contribution is 2.11. The number of carbonyl (C=O) groups excluding carboxylic acids is 1. The minimum atomic E-state index is -0.332. The molecule has 0 saturated carbocycles. The van der Waals surface area contributed by atoms with E-state index in [0.717, 1.165) is 19.4 Å². The summed E-state index contributed by atoms with van der Waals surface area (Å²) in [6, 6.07) is 5.74. The zero-order valence-electron chi connectivity index (χ0n) is 12.5. The van der Waals surface area contributed by atoms with E-state index in [0.29, 0.717) is 18.8 Å². The van der Waals surface area contributed by atoms with Crippen LogP contribution in [0.4, 0.5) is 4.39 Å². The zero-order valence-corrected chi connectivity index (χ0v) is 12.5. The van der Waals surface area contributed by atoms with Gasteiger partial charge >= 0.3 is 0 Å². The van der Waals surface area contributed by atoms with Crippen molar-refractivity contribution in [2.45, 2.75) is 12.8 Å². The molecule has 0 bridgehead atoms. The second-order valence-electron chi connectivity index (χ2n) is 5.19. The van der Waals surface area contributed by atoms with Crippen molar-refractivity contribution in [3.63, 3.8) is 0 Å². The monoisotopic (exact) mass is 316 g/mol. The molecule has 7 heteroatoms. The first-order valence-corrected chi connectivity index (χ1v) is 7.44. The first-order valence-electron chi connectivity index (χ1n) is 7.44. The number of ether oxygens (including phenoxy) is 1. The van der Waals surface area contributed by atoms with Gasteiger partial charge in [-0.3, -0.25) is 4.79 Å². The van der Waals surface area contributed by atoms with Gasteiger partial charge in [0.05, 0.1) is 25.1 Å². The first-order chi connectivity index (χ1) is 11.2. The van der Waals surface area contributed by atoms with Gasteiger partial charge in [-0.05, 0) is 37.1 Å². The lowest BCUT2D eigenvalue weighted by molar-refractivity contribution is 0.0948. The summed E-state index contributed by atoms with van der Waals surface area (Å²) in [7, 11) is 0. The summed E-state index contributed by atoms with van der Waals surface area (Å²) in [6.45, 7) is 1.94. The van der Waals surface area contributed by atoms with Crippen LogP contribution >= 0.6 is 0 Å². The van der Waals surface area contributed by atoms with Crippen LogP contribution in [0, 0.1) is 5.82 Å². The largest absolute Gasteiger partial charge is 0.377 e. The lowest BCUT2D eigenvalue weighted by Crippen LogP contribution is -2.25. The Morgan fingerprint density at radius 1 is 1.35 bits per heavy atom. The molecule has 0 spiro atoms. The van der Waals surface area contributed by atoms with Gasteiger partial charge in [-0.15, -0.1) is 5.10 Å². The lowest BCUT2D eigenvalue weighted by Gasteiger charge is -2.13. The molecule has 3 rings (SSSR count). The molecule has 1 aromatic heterocycles. The molecule has 1 aliphatic rings. The van der Waals surface area contributed by atoms with Crippen molar-refractivity contribution in [1.29, 1.82) is 0 Å². The number of aromatic nitrogens is 3. The summed E-state index contributed by atoms with van der Waals surface area (Å²) in [5.41, 5.74) is 2.12. The molecule has 1 aliphatic heterocycles. The molecule has 2 heterocycles. The van der Waals surface area contributed by atoms with Gasteiger partial charge in [-0.2, -0.15) is 9.90 Å². The minimum absolute atomic E-state index is 0.232. The molecule has 120 valence electrons. The van der Waals surface area contributed by atoms with Gasteiger partial charge in [0.1, 0.15) is 5.82 Å². The predicted molar refractivity (Wildman–Crippen MR) is 81.8 cm³/mol. The van der Waals surface area contributed by atoms with Crippen LogP contribution in [-0.2, 0) is 4.74 Å². The van der Waals surface area contributed by atoms with Crippen LogP contribution in [0.1, 0.15) is 23.3 Å². The highest BCUT2D eigenvalue weighted by atomic mass is 19.1. The van der Waals surface area contributed by atoms with E-state index in [9.17, 15) is 9.18 Å². The van der Waals surface area contributed by atoms with Crippen LogP contribution < -0.4 is 5.32 Å². The zero-order chi connectivity index (χ0) is 16.1. The van der Waals surface area contributed by atoms with Gasteiger partial charge in [-0.1, -0.05) is 11.6 Å². The summed E-state index contributed by atoms with van der Waals surface area (Å²) < 4.78 is 18.1. The van der Waals surface area contributed by atoms with Crippen molar-refractivity contribution in [2.24, 2.45) is 0 Å². The van der Waals surface area contributed by atoms with Gasteiger partial charge in [0.15, 0.2) is 5.69 Å². The highest BCUT2D eigenvalue weighted by molar-refractivity contribution is 5.91. The van der Waals surface area contributed by atoms with Crippen molar-refractivity contribution >= 4 is 5.91 Å². The third-order valence-corrected chi connectivity index (χ3v) is 3.57. The number of rotatable bonds is 5. The maximum Gasteiger partial charge on any atom is 0.273 e. The summed E-state index contributed by atoms with van der Waals surface area (Å²) in [6.07, 6.45) is 5.17. The number of carbonyl (C=O) groups is 1. The number of nitrogens with one attached hydrogen (secondary N) is 1. The van der Waals surface area contributed by atoms with E-state index in [4.69, 9.17) is 4.74 Å². The number of amides is 1. The molecule has 2 aromatic rings. The van der Waals surface area contributed by atoms with Crippen LogP contribution in [0.3, 0.4) is 0 Å². The average Bonchev–Trinajstić information content (AvgIpc) is 3.06. The molecule has 1 amide bonds. The second-order valence-corrected chi connectivity index (χ2v) is 5.19. The Balaban J connectivity index is 1.55. The number of hydrogen-bond donors (Lipinski definition) is 1. The number of nitrogens with zero attached hydrogens (tertiary/aromatic N) is 3. The predicted octanol–water partition coefficient (Wildman–Crippen LogP) is 1.87. The van der Waals surface area contributed by atoms with E-state index in [2.05, 4.69) is 21.6 Å². The van der Waals surface area contributed by atoms with Gasteiger partial charge in [0.2, 0.25) is 0 Å². The van der Waals surface area contributed by atoms with Crippen LogP contribution in [0.25, 0.3) is 5.69 Å². The molecule has 0 atom stereocenters. The van der Waals surface area contributed by atoms with Crippen molar-refractivity contribution < 1.29 is 13.9 Å². The molecule has 0 saturated heterocycles. The van der Waals surface area contributed by atoms with Gasteiger partial charge < -0.3 is 10.1 Å². The minimum Gasteiger partial charge on any atom is -0.377 e. The molecular weight excluding hydrogens is 299 g/mol. The molecule has 1 aromatic carbocycles. The Bertz CT molecular complexity index is 709. The maximum absolute atomic E-state index is 12.9. The quantitative estimate of drug-likeness (QED) is 0.855. The number of halogens is 1. The van der Waals surface area contributed by atoms with E-state index < -0.39 is 0 Å². The van der Waals surface area contributed by atoms with E-state index in [-0.39, 0.29) is 17.4 Å². The number of hydrogen-bond acceptors (Lipinski definition) is 4. The summed E-state index contributed by atoms with van der Waals surface area (Å²) in [5.74, 6) is -0.604. The topological polar surface area (TPSA) is 69.0 Å². The fourth-order valence-corrected chi connectivity index (χ4v) is 2.29. The lowest BCUT2D eigenvalue weighted by atomic mass is 10.1. The summed E-state index contributed by atoms with van der Waals surface area (Å²) in [4.78, 5) is 13.4. The molecule has 23 heavy (non-hydrogen) atoms. The molecule has 1 N–H and O–H groups in total. The van der Waals surface area contributed by atoms with E-state index >= 15 is 0 Å². The molecule has 6 nitrogen and oxygen atoms in total. The third-order valence-electron chi connectivity index (χ3n) is 3.57. The first kappa shape index (κ1) is 15.4. The van der Waals surface area contributed by atoms with Gasteiger partial charge in [0, 0.05) is 6.54 Å². The second kappa shape index (κ2) is 7.15. The smallest absolute Gasteiger partial charge is 0.273 e. The van der Waals surface area contributed by atoms with Gasteiger partial charge in [0.25, 0.3) is 5.91 Å². The third kappa shape index (κ3) is 4.01. The van der Waals surface area contributed by atoms with Crippen LogP contribution in [0.5, 0.6) is 0 Å². The van der Waals surface area contributed by atoms with Crippen LogP contribution in [0.15, 0.2) is 42.1 Å². The molecule has 0 unspecified atom stereocenters. The Labute approximate surface area is 132 Å². The Morgan fingerprint density at radius 3 is 2.91 bits per heavy atom. The maximum atomic E-state index is 12.9. The molecular formula is C16H17FN4O2. The Hall–Kier alpha value is -2.54. The van der Waals surface area contributed by atoms with Crippen molar-refractivity contribution in [3.05, 3.63) is 53.6 Å². The molecule has 0 aliphatic carbocycles. The van der Waals surface area contributed by atoms with E-state index in [1.165, 1.54) is 28.7 Å².